The number of fused-ring (bicyclic) bond motifs is 2. The van der Waals surface area contributed by atoms with Gasteiger partial charge in [0.2, 0.25) is 0 Å². The van der Waals surface area contributed by atoms with Crippen LogP contribution in [0.4, 0.5) is 0 Å². The Bertz CT molecular complexity index is 1780. The van der Waals surface area contributed by atoms with Gasteiger partial charge < -0.3 is 14.9 Å². The number of rotatable bonds is 2. The molecule has 0 saturated heterocycles. The van der Waals surface area contributed by atoms with Crippen LogP contribution < -0.4 is 0 Å². The number of carboxylic acid groups (broad SMARTS) is 2. The number of ether oxygens (including phenoxy) is 1. The van der Waals surface area contributed by atoms with E-state index in [1.54, 1.807) is 0 Å². The summed E-state index contributed by atoms with van der Waals surface area (Å²) in [7, 11) is 0. The number of benzene rings is 5. The maximum absolute atomic E-state index is 12.7. The summed E-state index contributed by atoms with van der Waals surface area (Å²) >= 11 is 26.3. The maximum atomic E-state index is 12.7. The molecule has 35 heavy (non-hydrogen) atoms. The highest BCUT2D eigenvalue weighted by molar-refractivity contribution is 6.57. The van der Waals surface area contributed by atoms with Gasteiger partial charge in [-0.25, -0.2) is 19.2 Å². The Kier molecular flexibility index (Phi) is 4.48. The van der Waals surface area contributed by atoms with Gasteiger partial charge in [0.25, 0.3) is 0 Å². The van der Waals surface area contributed by atoms with Crippen molar-refractivity contribution in [2.45, 2.75) is 0 Å². The van der Waals surface area contributed by atoms with Crippen molar-refractivity contribution in [1.82, 2.24) is 0 Å². The largest absolute Gasteiger partial charge is 0.478 e. The first kappa shape index (κ1) is 22.1. The molecule has 11 heteroatoms. The number of carbonyl (C=O) groups excluding carboxylic acids is 2. The summed E-state index contributed by atoms with van der Waals surface area (Å²) < 4.78 is 4.82. The first-order valence-corrected chi connectivity index (χ1v) is 11.3. The van der Waals surface area contributed by atoms with Gasteiger partial charge in [0, 0.05) is 26.9 Å². The van der Waals surface area contributed by atoms with Crippen LogP contribution in [0.3, 0.4) is 0 Å². The number of esters is 2. The molecular weight excluding hydrogens is 542 g/mol. The molecule has 0 atom stereocenters. The molecule has 0 radical (unpaired) electrons. The molecule has 6 rings (SSSR count). The van der Waals surface area contributed by atoms with E-state index in [1.807, 2.05) is 0 Å². The van der Waals surface area contributed by atoms with Crippen molar-refractivity contribution < 1.29 is 34.1 Å². The molecule has 0 fully saturated rings. The number of hydrogen-bond donors (Lipinski definition) is 2. The summed E-state index contributed by atoms with van der Waals surface area (Å²) in [6.45, 7) is 0. The van der Waals surface area contributed by atoms with Gasteiger partial charge in [-0.1, -0.05) is 58.5 Å². The second kappa shape index (κ2) is 7.08. The first-order valence-electron chi connectivity index (χ1n) is 9.75. The predicted octanol–water partition coefficient (Wildman–Crippen LogP) is 7.06. The highest BCUT2D eigenvalue weighted by Gasteiger charge is 2.37. The van der Waals surface area contributed by atoms with E-state index in [9.17, 15) is 29.4 Å². The smallest absolute Gasteiger partial charge is 0.348 e. The molecule has 2 N–H and O–H groups in total. The topological polar surface area (TPSA) is 118 Å². The molecule has 0 aromatic heterocycles. The molecule has 0 aliphatic carbocycles. The highest BCUT2D eigenvalue weighted by Crippen LogP contribution is 2.53. The Morgan fingerprint density at radius 2 is 1.00 bits per heavy atom. The van der Waals surface area contributed by atoms with Crippen LogP contribution >= 0.6 is 46.4 Å². The van der Waals surface area contributed by atoms with Gasteiger partial charge in [-0.05, 0) is 28.3 Å². The molecule has 0 unspecified atom stereocenters. The molecule has 7 nitrogen and oxygen atoms in total. The Morgan fingerprint density at radius 3 is 1.40 bits per heavy atom. The molecule has 1 heterocycles. The van der Waals surface area contributed by atoms with Gasteiger partial charge in [-0.3, -0.25) is 0 Å². The molecule has 1 aliphatic rings. The van der Waals surface area contributed by atoms with Crippen molar-refractivity contribution in [3.63, 3.8) is 0 Å². The summed E-state index contributed by atoms with van der Waals surface area (Å²) in [5.74, 6) is -4.70. The Morgan fingerprint density at radius 1 is 0.571 bits per heavy atom. The van der Waals surface area contributed by atoms with Gasteiger partial charge in [0.05, 0.1) is 42.3 Å². The van der Waals surface area contributed by atoms with E-state index in [1.165, 1.54) is 24.3 Å². The van der Waals surface area contributed by atoms with Crippen molar-refractivity contribution in [3.05, 3.63) is 66.6 Å². The average Bonchev–Trinajstić information content (AvgIpc) is 2.80. The van der Waals surface area contributed by atoms with Crippen LogP contribution in [-0.2, 0) is 4.74 Å². The molecule has 0 bridgehead atoms. The normalized spacial score (nSPS) is 13.4. The number of hydrogen-bond acceptors (Lipinski definition) is 5. The zero-order valence-electron chi connectivity index (χ0n) is 16.8. The number of aromatic carboxylic acids is 2. The molecule has 0 spiro atoms. The lowest BCUT2D eigenvalue weighted by Gasteiger charge is -2.24. The van der Waals surface area contributed by atoms with E-state index in [0.717, 1.165) is 0 Å². The molecule has 1 aliphatic heterocycles. The summed E-state index contributed by atoms with van der Waals surface area (Å²) in [6.07, 6.45) is 0. The fraction of sp³-hybridized carbons (Fsp3) is 0. The van der Waals surface area contributed by atoms with Crippen LogP contribution in [0, 0.1) is 0 Å². The Hall–Kier alpha value is -3.36. The summed E-state index contributed by atoms with van der Waals surface area (Å²) in [5, 5.41) is 20.8. The SMILES string of the molecule is O=C(O)c1ccc2c3c(Cl)c(Cl)c4c5c(c(Cl)c(Cl)c(c6ccc(C(=O)O)c1c26)c53)C(=O)OC4=O. The zero-order chi connectivity index (χ0) is 25.1. The quantitative estimate of drug-likeness (QED) is 0.105. The summed E-state index contributed by atoms with van der Waals surface area (Å²) in [5.41, 5.74) is -0.817. The molecule has 5 aromatic rings. The molecule has 5 aromatic carbocycles. The van der Waals surface area contributed by atoms with Crippen LogP contribution in [0.1, 0.15) is 41.4 Å². The van der Waals surface area contributed by atoms with Gasteiger partial charge >= 0.3 is 23.9 Å². The number of carboxylic acids is 2. The van der Waals surface area contributed by atoms with Crippen molar-refractivity contribution >= 4 is 113 Å². The van der Waals surface area contributed by atoms with Gasteiger partial charge in [-0.15, -0.1) is 0 Å². The third-order valence-corrected chi connectivity index (χ3v) is 7.97. The minimum atomic E-state index is -1.34. The number of halogens is 4. The van der Waals surface area contributed by atoms with E-state index in [-0.39, 0.29) is 69.3 Å². The van der Waals surface area contributed by atoms with Crippen LogP contribution in [0.25, 0.3) is 43.1 Å². The molecule has 0 saturated carbocycles. The second-order valence-electron chi connectivity index (χ2n) is 7.86. The van der Waals surface area contributed by atoms with Crippen LogP contribution in [-0.4, -0.2) is 34.1 Å². The highest BCUT2D eigenvalue weighted by atomic mass is 35.5. The van der Waals surface area contributed by atoms with Crippen LogP contribution in [0.2, 0.25) is 20.1 Å². The zero-order valence-corrected chi connectivity index (χ0v) is 19.8. The summed E-state index contributed by atoms with van der Waals surface area (Å²) in [6, 6.07) is 5.45. The van der Waals surface area contributed by atoms with E-state index in [2.05, 4.69) is 0 Å². The van der Waals surface area contributed by atoms with Crippen molar-refractivity contribution in [3.8, 4) is 0 Å². The van der Waals surface area contributed by atoms with E-state index < -0.39 is 23.9 Å². The first-order chi connectivity index (χ1) is 16.6. The monoisotopic (exact) mass is 546 g/mol. The van der Waals surface area contributed by atoms with Crippen molar-refractivity contribution in [2.24, 2.45) is 0 Å². The summed E-state index contributed by atoms with van der Waals surface area (Å²) in [4.78, 5) is 49.4. The van der Waals surface area contributed by atoms with E-state index in [0.29, 0.717) is 16.2 Å². The lowest BCUT2D eigenvalue weighted by atomic mass is 9.83. The molecular formula is C24H6Cl4O7. The fourth-order valence-corrected chi connectivity index (χ4v) is 6.09. The van der Waals surface area contributed by atoms with Gasteiger partial charge in [-0.2, -0.15) is 0 Å². The van der Waals surface area contributed by atoms with Gasteiger partial charge in [0.1, 0.15) is 0 Å². The maximum Gasteiger partial charge on any atom is 0.348 e. The van der Waals surface area contributed by atoms with Crippen molar-refractivity contribution in [1.29, 1.82) is 0 Å². The second-order valence-corrected chi connectivity index (χ2v) is 9.38. The van der Waals surface area contributed by atoms with E-state index >= 15 is 0 Å². The van der Waals surface area contributed by atoms with Crippen LogP contribution in [0.15, 0.2) is 24.3 Å². The third-order valence-electron chi connectivity index (χ3n) is 6.27. The van der Waals surface area contributed by atoms with Gasteiger partial charge in [0.15, 0.2) is 0 Å². The Balaban J connectivity index is 2.08. The molecule has 172 valence electrons. The standard InChI is InChI=1S/C24H6Cl4O7/c25-17-11-5-1-3-7(21(29)30)10-8(22(31)32)4-2-6(9(5)10)12-13(11)14-15(19(17)27)23(33)35-24(34)16(14)20(28)18(12)26/h1-4H,(H,29,30)(H,31,32). The lowest BCUT2D eigenvalue weighted by molar-refractivity contribution is 0.0390. The fourth-order valence-electron chi connectivity index (χ4n) is 4.97. The van der Waals surface area contributed by atoms with E-state index in [4.69, 9.17) is 51.1 Å². The minimum Gasteiger partial charge on any atom is -0.478 e. The van der Waals surface area contributed by atoms with Crippen LogP contribution in [0.5, 0.6) is 0 Å². The number of carbonyl (C=O) groups is 4. The lowest BCUT2D eigenvalue weighted by Crippen LogP contribution is -2.21. The number of cyclic esters (lactones) is 2. The predicted molar refractivity (Wildman–Crippen MR) is 131 cm³/mol. The minimum absolute atomic E-state index is 0.0473. The van der Waals surface area contributed by atoms with Crippen molar-refractivity contribution in [2.75, 3.05) is 0 Å². The molecule has 0 amide bonds. The average molecular weight is 548 g/mol. The Labute approximate surface area is 213 Å². The third kappa shape index (κ3) is 2.58.